The predicted molar refractivity (Wildman–Crippen MR) is 76.9 cm³/mol. The van der Waals surface area contributed by atoms with Crippen molar-refractivity contribution in [1.82, 2.24) is 15.5 Å². The summed E-state index contributed by atoms with van der Waals surface area (Å²) in [6.07, 6.45) is 1.03. The van der Waals surface area contributed by atoms with E-state index in [2.05, 4.69) is 45.2 Å². The van der Waals surface area contributed by atoms with Crippen LogP contribution in [-0.2, 0) is 0 Å². The Bertz CT molecular complexity index is 507. The molecule has 2 aromatic rings. The Kier molecular flexibility index (Phi) is 4.53. The van der Waals surface area contributed by atoms with Crippen LogP contribution in [-0.4, -0.2) is 23.2 Å². The summed E-state index contributed by atoms with van der Waals surface area (Å²) < 4.78 is 6.41. The van der Waals surface area contributed by atoms with Crippen LogP contribution in [0, 0.1) is 0 Å². The minimum atomic E-state index is 0.213. The van der Waals surface area contributed by atoms with Gasteiger partial charge in [-0.3, -0.25) is 0 Å². The Morgan fingerprint density at radius 3 is 2.89 bits per heavy atom. The van der Waals surface area contributed by atoms with Crippen LogP contribution in [0.15, 0.2) is 20.4 Å². The van der Waals surface area contributed by atoms with Crippen molar-refractivity contribution < 1.29 is 4.52 Å². The first-order valence-electron chi connectivity index (χ1n) is 5.91. The molecule has 0 fully saturated rings. The van der Waals surface area contributed by atoms with Gasteiger partial charge in [0.15, 0.2) is 0 Å². The van der Waals surface area contributed by atoms with E-state index >= 15 is 0 Å². The van der Waals surface area contributed by atoms with Gasteiger partial charge >= 0.3 is 0 Å². The lowest BCUT2D eigenvalue weighted by atomic mass is 10.00. The van der Waals surface area contributed by atoms with E-state index in [9.17, 15) is 0 Å². The zero-order chi connectivity index (χ0) is 13.1. The minimum Gasteiger partial charge on any atom is -0.339 e. The first-order valence-corrected chi connectivity index (χ1v) is 7.58. The van der Waals surface area contributed by atoms with Gasteiger partial charge in [0.25, 0.3) is 0 Å². The molecule has 2 rings (SSSR count). The van der Waals surface area contributed by atoms with Crippen LogP contribution >= 0.6 is 27.3 Å². The quantitative estimate of drug-likeness (QED) is 0.909. The third-order valence-corrected chi connectivity index (χ3v) is 4.72. The van der Waals surface area contributed by atoms with E-state index in [0.717, 1.165) is 15.8 Å². The van der Waals surface area contributed by atoms with Crippen LogP contribution < -0.4 is 5.32 Å². The highest BCUT2D eigenvalue weighted by atomic mass is 79.9. The number of thiophene rings is 1. The number of aromatic nitrogens is 2. The van der Waals surface area contributed by atoms with Gasteiger partial charge in [-0.05, 0) is 35.5 Å². The van der Waals surface area contributed by atoms with Crippen molar-refractivity contribution in [1.29, 1.82) is 0 Å². The topological polar surface area (TPSA) is 51.0 Å². The Balaban J connectivity index is 2.20. The van der Waals surface area contributed by atoms with Crippen molar-refractivity contribution >= 4 is 27.3 Å². The highest BCUT2D eigenvalue weighted by Crippen LogP contribution is 2.29. The molecule has 0 saturated heterocycles. The monoisotopic (exact) mass is 329 g/mol. The predicted octanol–water partition coefficient (Wildman–Crippen LogP) is 3.66. The standard InChI is InChI=1S/C12H16BrN3OS/c1-4-9(14-3)7(2)12-15-11(16-17-12)10-5-8(13)6-18-10/h5-7,9,14H,4H2,1-3H3. The molecule has 0 saturated carbocycles. The summed E-state index contributed by atoms with van der Waals surface area (Å²) in [5.74, 6) is 1.57. The van der Waals surface area contributed by atoms with Crippen molar-refractivity contribution in [2.24, 2.45) is 0 Å². The van der Waals surface area contributed by atoms with Crippen molar-refractivity contribution in [2.75, 3.05) is 7.05 Å². The van der Waals surface area contributed by atoms with Crippen LogP contribution in [0.3, 0.4) is 0 Å². The molecule has 1 N–H and O–H groups in total. The molecule has 0 bridgehead atoms. The molecule has 0 amide bonds. The van der Waals surface area contributed by atoms with Crippen molar-refractivity contribution in [3.63, 3.8) is 0 Å². The SMILES string of the molecule is CCC(NC)C(C)c1nc(-c2cc(Br)cs2)no1. The normalized spacial score (nSPS) is 14.7. The highest BCUT2D eigenvalue weighted by Gasteiger charge is 2.22. The van der Waals surface area contributed by atoms with Crippen molar-refractivity contribution in [2.45, 2.75) is 32.2 Å². The van der Waals surface area contributed by atoms with Gasteiger partial charge in [0.05, 0.1) is 10.8 Å². The molecule has 0 aliphatic rings. The van der Waals surface area contributed by atoms with Crippen LogP contribution in [0.25, 0.3) is 10.7 Å². The van der Waals surface area contributed by atoms with Crippen LogP contribution in [0.5, 0.6) is 0 Å². The summed E-state index contributed by atoms with van der Waals surface area (Å²) in [5.41, 5.74) is 0. The number of nitrogens with one attached hydrogen (secondary N) is 1. The molecule has 6 heteroatoms. The Labute approximate surface area is 119 Å². The van der Waals surface area contributed by atoms with Crippen LogP contribution in [0.1, 0.15) is 32.1 Å². The second-order valence-electron chi connectivity index (χ2n) is 4.18. The zero-order valence-corrected chi connectivity index (χ0v) is 13.0. The van der Waals surface area contributed by atoms with E-state index in [1.807, 2.05) is 18.5 Å². The molecule has 2 unspecified atom stereocenters. The molecule has 0 radical (unpaired) electrons. The number of rotatable bonds is 5. The summed E-state index contributed by atoms with van der Waals surface area (Å²) >= 11 is 5.03. The van der Waals surface area contributed by atoms with Crippen molar-refractivity contribution in [3.8, 4) is 10.7 Å². The summed E-state index contributed by atoms with van der Waals surface area (Å²) in [6, 6.07) is 2.35. The second kappa shape index (κ2) is 5.95. The molecule has 0 aliphatic carbocycles. The van der Waals surface area contributed by atoms with Gasteiger partial charge in [-0.2, -0.15) is 4.98 Å². The zero-order valence-electron chi connectivity index (χ0n) is 10.6. The molecule has 0 aliphatic heterocycles. The molecule has 0 aromatic carbocycles. The minimum absolute atomic E-state index is 0.213. The third kappa shape index (κ3) is 2.81. The molecule has 4 nitrogen and oxygen atoms in total. The van der Waals surface area contributed by atoms with Gasteiger partial charge in [-0.1, -0.05) is 19.0 Å². The first-order chi connectivity index (χ1) is 8.65. The van der Waals surface area contributed by atoms with E-state index in [1.165, 1.54) is 0 Å². The van der Waals surface area contributed by atoms with E-state index < -0.39 is 0 Å². The van der Waals surface area contributed by atoms with E-state index in [1.54, 1.807) is 11.3 Å². The first kappa shape index (κ1) is 13.7. The maximum Gasteiger partial charge on any atom is 0.231 e. The Morgan fingerprint density at radius 2 is 2.33 bits per heavy atom. The average molecular weight is 330 g/mol. The summed E-state index contributed by atoms with van der Waals surface area (Å²) in [5, 5.41) is 9.33. The molecule has 98 valence electrons. The molecule has 18 heavy (non-hydrogen) atoms. The van der Waals surface area contributed by atoms with Crippen molar-refractivity contribution in [3.05, 3.63) is 21.8 Å². The molecular weight excluding hydrogens is 314 g/mol. The Morgan fingerprint density at radius 1 is 1.56 bits per heavy atom. The maximum atomic E-state index is 5.36. The fourth-order valence-electron chi connectivity index (χ4n) is 1.93. The third-order valence-electron chi connectivity index (χ3n) is 3.03. The Hall–Kier alpha value is -0.720. The highest BCUT2D eigenvalue weighted by molar-refractivity contribution is 9.10. The lowest BCUT2D eigenvalue weighted by Gasteiger charge is -2.18. The summed E-state index contributed by atoms with van der Waals surface area (Å²) in [7, 11) is 1.96. The van der Waals surface area contributed by atoms with E-state index in [-0.39, 0.29) is 5.92 Å². The van der Waals surface area contributed by atoms with Gasteiger partial charge < -0.3 is 9.84 Å². The smallest absolute Gasteiger partial charge is 0.231 e. The largest absolute Gasteiger partial charge is 0.339 e. The van der Waals surface area contributed by atoms with Gasteiger partial charge in [-0.15, -0.1) is 11.3 Å². The molecule has 2 heterocycles. The van der Waals surface area contributed by atoms with E-state index in [0.29, 0.717) is 17.8 Å². The van der Waals surface area contributed by atoms with Crippen LogP contribution in [0.2, 0.25) is 0 Å². The number of hydrogen-bond donors (Lipinski definition) is 1. The maximum absolute atomic E-state index is 5.36. The lowest BCUT2D eigenvalue weighted by Crippen LogP contribution is -2.30. The van der Waals surface area contributed by atoms with E-state index in [4.69, 9.17) is 4.52 Å². The second-order valence-corrected chi connectivity index (χ2v) is 6.00. The van der Waals surface area contributed by atoms with Crippen LogP contribution in [0.4, 0.5) is 0 Å². The fraction of sp³-hybridized carbons (Fsp3) is 0.500. The van der Waals surface area contributed by atoms with Gasteiger partial charge in [0.1, 0.15) is 0 Å². The summed E-state index contributed by atoms with van der Waals surface area (Å²) in [4.78, 5) is 5.50. The molecule has 2 aromatic heterocycles. The van der Waals surface area contributed by atoms with Gasteiger partial charge in [-0.25, -0.2) is 0 Å². The summed E-state index contributed by atoms with van der Waals surface area (Å²) in [6.45, 7) is 4.25. The number of hydrogen-bond acceptors (Lipinski definition) is 5. The number of halogens is 1. The molecule has 0 spiro atoms. The molecular formula is C12H16BrN3OS. The number of nitrogens with zero attached hydrogens (tertiary/aromatic N) is 2. The fourth-order valence-corrected chi connectivity index (χ4v) is 3.28. The number of likely N-dealkylation sites (N-methyl/N-ethyl adjacent to an activating group) is 1. The van der Waals surface area contributed by atoms with Gasteiger partial charge in [0, 0.05) is 15.9 Å². The average Bonchev–Trinajstić information content (AvgIpc) is 2.98. The van der Waals surface area contributed by atoms with Gasteiger partial charge in [0.2, 0.25) is 11.7 Å². The molecule has 2 atom stereocenters. The lowest BCUT2D eigenvalue weighted by molar-refractivity contribution is 0.326.